The van der Waals surface area contributed by atoms with E-state index in [4.69, 9.17) is 5.11 Å². The van der Waals surface area contributed by atoms with Crippen molar-refractivity contribution in [1.82, 2.24) is 20.8 Å². The number of urea groups is 1. The highest BCUT2D eigenvalue weighted by atomic mass is 16.7. The number of imidazole rings is 1. The van der Waals surface area contributed by atoms with Gasteiger partial charge in [0.25, 0.3) is 0 Å². The Labute approximate surface area is 91.0 Å². The van der Waals surface area contributed by atoms with Crippen LogP contribution in [0.15, 0.2) is 12.5 Å². The molecule has 0 radical (unpaired) electrons. The van der Waals surface area contributed by atoms with E-state index in [1.165, 1.54) is 0 Å². The highest BCUT2D eigenvalue weighted by Gasteiger charge is 2.02. The number of rotatable bonds is 6. The predicted molar refractivity (Wildman–Crippen MR) is 52.4 cm³/mol. The van der Waals surface area contributed by atoms with Gasteiger partial charge in [0.05, 0.1) is 6.33 Å². The van der Waals surface area contributed by atoms with Gasteiger partial charge < -0.3 is 15.4 Å². The van der Waals surface area contributed by atoms with Crippen molar-refractivity contribution in [3.63, 3.8) is 0 Å². The lowest BCUT2D eigenvalue weighted by Gasteiger charge is -2.05. The van der Waals surface area contributed by atoms with E-state index in [0.717, 1.165) is 5.69 Å². The largest absolute Gasteiger partial charge is 0.479 e. The first kappa shape index (κ1) is 12.0. The van der Waals surface area contributed by atoms with Crippen LogP contribution in [0.5, 0.6) is 0 Å². The molecular formula is C8H12N4O4. The smallest absolute Gasteiger partial charge is 0.338 e. The lowest BCUT2D eigenvalue weighted by molar-refractivity contribution is -0.144. The second-order valence-electron chi connectivity index (χ2n) is 2.87. The van der Waals surface area contributed by atoms with Crippen molar-refractivity contribution < 1.29 is 19.5 Å². The third-order valence-corrected chi connectivity index (χ3v) is 1.60. The lowest BCUT2D eigenvalue weighted by Crippen LogP contribution is -2.37. The summed E-state index contributed by atoms with van der Waals surface area (Å²) in [6.45, 7) is -0.182. The molecule has 1 aromatic heterocycles. The molecule has 0 saturated carbocycles. The molecule has 0 fully saturated rings. The molecule has 2 amide bonds. The van der Waals surface area contributed by atoms with Crippen molar-refractivity contribution >= 4 is 12.0 Å². The first-order chi connectivity index (χ1) is 7.68. The number of carbonyl (C=O) groups is 2. The van der Waals surface area contributed by atoms with Crippen molar-refractivity contribution in [2.24, 2.45) is 0 Å². The Morgan fingerprint density at radius 3 is 3.00 bits per heavy atom. The lowest BCUT2D eigenvalue weighted by atomic mass is 10.3. The summed E-state index contributed by atoms with van der Waals surface area (Å²) in [6, 6.07) is -0.583. The number of aliphatic carboxylic acids is 1. The number of H-pyrrole nitrogens is 1. The fourth-order valence-corrected chi connectivity index (χ4v) is 0.932. The number of nitrogens with one attached hydrogen (secondary N) is 3. The molecule has 0 aliphatic rings. The molecule has 1 heterocycles. The average molecular weight is 228 g/mol. The van der Waals surface area contributed by atoms with Gasteiger partial charge in [0, 0.05) is 24.9 Å². The summed E-state index contributed by atoms with van der Waals surface area (Å²) in [5, 5.41) is 10.7. The van der Waals surface area contributed by atoms with Crippen LogP contribution in [0.25, 0.3) is 0 Å². The van der Waals surface area contributed by atoms with E-state index in [1.54, 1.807) is 12.5 Å². The summed E-state index contributed by atoms with van der Waals surface area (Å²) < 4.78 is 0. The number of hydroxylamine groups is 1. The Bertz CT molecular complexity index is 338. The van der Waals surface area contributed by atoms with Crippen molar-refractivity contribution in [3.05, 3.63) is 18.2 Å². The number of aromatic amines is 1. The molecule has 8 nitrogen and oxygen atoms in total. The maximum Gasteiger partial charge on any atom is 0.338 e. The number of hydrogen-bond donors (Lipinski definition) is 4. The maximum atomic E-state index is 11.0. The number of aromatic nitrogens is 2. The fourth-order valence-electron chi connectivity index (χ4n) is 0.932. The predicted octanol–water partition coefficient (Wildman–Crippen LogP) is -0.732. The van der Waals surface area contributed by atoms with E-state index >= 15 is 0 Å². The van der Waals surface area contributed by atoms with Crippen LogP contribution in [0.3, 0.4) is 0 Å². The molecule has 0 atom stereocenters. The summed E-state index contributed by atoms with van der Waals surface area (Å²) in [7, 11) is 0. The second-order valence-corrected chi connectivity index (χ2v) is 2.87. The van der Waals surface area contributed by atoms with Gasteiger partial charge in [-0.15, -0.1) is 0 Å². The number of amides is 2. The van der Waals surface area contributed by atoms with Crippen molar-refractivity contribution in [2.45, 2.75) is 6.42 Å². The van der Waals surface area contributed by atoms with Crippen LogP contribution in [0, 0.1) is 0 Å². The molecule has 0 aliphatic heterocycles. The van der Waals surface area contributed by atoms with Gasteiger partial charge in [-0.2, -0.15) is 0 Å². The summed E-state index contributed by atoms with van der Waals surface area (Å²) in [4.78, 5) is 32.1. The van der Waals surface area contributed by atoms with Gasteiger partial charge in [0.15, 0.2) is 6.61 Å². The average Bonchev–Trinajstić information content (AvgIpc) is 2.70. The number of carboxylic acids is 1. The molecule has 0 aliphatic carbocycles. The zero-order valence-corrected chi connectivity index (χ0v) is 8.40. The zero-order valence-electron chi connectivity index (χ0n) is 8.40. The number of carbonyl (C=O) groups excluding carboxylic acids is 1. The minimum Gasteiger partial charge on any atom is -0.479 e. The molecule has 0 unspecified atom stereocenters. The highest BCUT2D eigenvalue weighted by Crippen LogP contribution is 1.90. The topological polar surface area (TPSA) is 116 Å². The van der Waals surface area contributed by atoms with Crippen LogP contribution in [0.1, 0.15) is 5.69 Å². The van der Waals surface area contributed by atoms with Crippen LogP contribution in [-0.4, -0.2) is 40.2 Å². The molecule has 4 N–H and O–H groups in total. The summed E-state index contributed by atoms with van der Waals surface area (Å²) in [5.74, 6) is -1.15. The highest BCUT2D eigenvalue weighted by molar-refractivity contribution is 5.73. The molecule has 8 heteroatoms. The van der Waals surface area contributed by atoms with E-state index in [9.17, 15) is 9.59 Å². The number of carboxylic acid groups (broad SMARTS) is 1. The molecule has 16 heavy (non-hydrogen) atoms. The zero-order chi connectivity index (χ0) is 11.8. The quantitative estimate of drug-likeness (QED) is 0.479. The molecule has 1 rings (SSSR count). The van der Waals surface area contributed by atoms with E-state index in [1.807, 2.05) is 5.48 Å². The standard InChI is InChI=1S/C8H12N4O4/c13-7(14)4-16-12-8(15)10-2-1-6-3-9-5-11-6/h3,5H,1-2,4H2,(H,9,11)(H,13,14)(H2,10,12,15). The van der Waals surface area contributed by atoms with Crippen molar-refractivity contribution in [2.75, 3.05) is 13.2 Å². The van der Waals surface area contributed by atoms with Gasteiger partial charge in [0.2, 0.25) is 0 Å². The first-order valence-corrected chi connectivity index (χ1v) is 4.53. The maximum absolute atomic E-state index is 11.0. The SMILES string of the molecule is O=C(O)CONC(=O)NCCc1cnc[nH]1. The monoisotopic (exact) mass is 228 g/mol. The van der Waals surface area contributed by atoms with Crippen LogP contribution >= 0.6 is 0 Å². The van der Waals surface area contributed by atoms with E-state index < -0.39 is 18.6 Å². The van der Waals surface area contributed by atoms with Gasteiger partial charge in [-0.1, -0.05) is 0 Å². The molecular weight excluding hydrogens is 216 g/mol. The summed E-state index contributed by atoms with van der Waals surface area (Å²) >= 11 is 0. The Morgan fingerprint density at radius 2 is 2.38 bits per heavy atom. The fraction of sp³-hybridized carbons (Fsp3) is 0.375. The van der Waals surface area contributed by atoms with Crippen LogP contribution in [-0.2, 0) is 16.1 Å². The second kappa shape index (κ2) is 6.40. The van der Waals surface area contributed by atoms with Crippen molar-refractivity contribution in [1.29, 1.82) is 0 Å². The van der Waals surface area contributed by atoms with Crippen molar-refractivity contribution in [3.8, 4) is 0 Å². The molecule has 0 saturated heterocycles. The van der Waals surface area contributed by atoms with Gasteiger partial charge in [0.1, 0.15) is 0 Å². The Balaban J connectivity index is 2.04. The van der Waals surface area contributed by atoms with Crippen LogP contribution in [0.2, 0.25) is 0 Å². The van der Waals surface area contributed by atoms with E-state index in [-0.39, 0.29) is 0 Å². The van der Waals surface area contributed by atoms with Crippen LogP contribution in [0.4, 0.5) is 4.79 Å². The molecule has 88 valence electrons. The third-order valence-electron chi connectivity index (χ3n) is 1.60. The molecule has 0 aromatic carbocycles. The minimum absolute atomic E-state index is 0.393. The summed E-state index contributed by atoms with van der Waals surface area (Å²) in [5.41, 5.74) is 2.83. The molecule has 0 bridgehead atoms. The normalized spacial score (nSPS) is 9.75. The first-order valence-electron chi connectivity index (χ1n) is 4.53. The van der Waals surface area contributed by atoms with Gasteiger partial charge >= 0.3 is 12.0 Å². The van der Waals surface area contributed by atoms with Gasteiger partial charge in [-0.05, 0) is 0 Å². The Hall–Kier alpha value is -2.09. The third kappa shape index (κ3) is 4.96. The Morgan fingerprint density at radius 1 is 1.56 bits per heavy atom. The van der Waals surface area contributed by atoms with Gasteiger partial charge in [-0.25, -0.2) is 20.1 Å². The Kier molecular flexibility index (Phi) is 4.80. The van der Waals surface area contributed by atoms with Crippen LogP contribution < -0.4 is 10.8 Å². The number of hydrogen-bond acceptors (Lipinski definition) is 4. The molecule has 1 aromatic rings. The summed E-state index contributed by atoms with van der Waals surface area (Å²) in [6.07, 6.45) is 3.80. The number of nitrogens with zero attached hydrogens (tertiary/aromatic N) is 1. The van der Waals surface area contributed by atoms with E-state index in [0.29, 0.717) is 13.0 Å². The molecule has 0 spiro atoms. The minimum atomic E-state index is -1.15. The van der Waals surface area contributed by atoms with Gasteiger partial charge in [-0.3, -0.25) is 4.84 Å². The van der Waals surface area contributed by atoms with E-state index in [2.05, 4.69) is 20.1 Å².